The molecular formula is C19H32IN3OS. The monoisotopic (exact) mass is 477 g/mol. The number of aliphatic imine (C=N–C) groups is 1. The Morgan fingerprint density at radius 2 is 2.08 bits per heavy atom. The fraction of sp³-hybridized carbons (Fsp3) is 0.632. The third-order valence-corrected chi connectivity index (χ3v) is 5.51. The highest BCUT2D eigenvalue weighted by Crippen LogP contribution is 2.26. The van der Waals surface area contributed by atoms with Crippen LogP contribution >= 0.6 is 35.7 Å². The quantitative estimate of drug-likeness (QED) is 0.320. The smallest absolute Gasteiger partial charge is 0.191 e. The van der Waals surface area contributed by atoms with E-state index in [4.69, 9.17) is 0 Å². The molecule has 3 atom stereocenters. The summed E-state index contributed by atoms with van der Waals surface area (Å²) in [6.07, 6.45) is 7.38. The fourth-order valence-electron chi connectivity index (χ4n) is 3.15. The first-order chi connectivity index (χ1) is 11.7. The first-order valence-corrected chi connectivity index (χ1v) is 10.3. The first kappa shape index (κ1) is 22.6. The zero-order valence-corrected chi connectivity index (χ0v) is 18.4. The molecule has 0 spiro atoms. The van der Waals surface area contributed by atoms with Crippen LogP contribution < -0.4 is 10.6 Å². The van der Waals surface area contributed by atoms with Crippen molar-refractivity contribution in [1.29, 1.82) is 0 Å². The second-order valence-corrected chi connectivity index (χ2v) is 7.57. The second-order valence-electron chi connectivity index (χ2n) is 6.43. The van der Waals surface area contributed by atoms with Crippen LogP contribution in [0.4, 0.5) is 0 Å². The highest BCUT2D eigenvalue weighted by Gasteiger charge is 2.21. The van der Waals surface area contributed by atoms with Crippen LogP contribution in [0.2, 0.25) is 0 Å². The molecule has 2 rings (SSSR count). The van der Waals surface area contributed by atoms with Crippen molar-refractivity contribution in [2.75, 3.05) is 19.3 Å². The standard InChI is InChI=1S/C19H31N3OS.HI/c1-3-20-19(22-16-10-7-11-18(13-16)24-2)21-14-17(23)12-15-8-5-4-6-9-15;/h4-6,8-9,16-18,23H,3,7,10-14H2,1-2H3,(H2,20,21,22);1H. The molecular weight excluding hydrogens is 445 g/mol. The van der Waals surface area contributed by atoms with Gasteiger partial charge in [0, 0.05) is 24.3 Å². The van der Waals surface area contributed by atoms with E-state index in [1.54, 1.807) is 0 Å². The van der Waals surface area contributed by atoms with Gasteiger partial charge in [0.05, 0.1) is 12.6 Å². The van der Waals surface area contributed by atoms with E-state index < -0.39 is 6.10 Å². The Bertz CT molecular complexity index is 501. The van der Waals surface area contributed by atoms with Crippen LogP contribution in [-0.2, 0) is 6.42 Å². The maximum absolute atomic E-state index is 10.2. The molecule has 0 aromatic heterocycles. The van der Waals surface area contributed by atoms with E-state index in [-0.39, 0.29) is 24.0 Å². The number of guanidine groups is 1. The van der Waals surface area contributed by atoms with Crippen LogP contribution in [0.5, 0.6) is 0 Å². The number of hydrogen-bond acceptors (Lipinski definition) is 3. The number of aliphatic hydroxyl groups excluding tert-OH is 1. The normalized spacial score (nSPS) is 22.0. The van der Waals surface area contributed by atoms with Crippen molar-refractivity contribution in [1.82, 2.24) is 10.6 Å². The van der Waals surface area contributed by atoms with Crippen molar-refractivity contribution in [2.45, 2.75) is 56.4 Å². The van der Waals surface area contributed by atoms with Gasteiger partial charge in [-0.15, -0.1) is 24.0 Å². The maximum atomic E-state index is 10.2. The molecule has 0 saturated heterocycles. The van der Waals surface area contributed by atoms with E-state index in [1.807, 2.05) is 42.1 Å². The molecule has 1 fully saturated rings. The molecule has 1 aliphatic carbocycles. The van der Waals surface area contributed by atoms with Gasteiger partial charge in [0.15, 0.2) is 5.96 Å². The topological polar surface area (TPSA) is 56.7 Å². The summed E-state index contributed by atoms with van der Waals surface area (Å²) in [5.41, 5.74) is 1.15. The molecule has 0 bridgehead atoms. The zero-order valence-electron chi connectivity index (χ0n) is 15.3. The molecule has 142 valence electrons. The average molecular weight is 477 g/mol. The van der Waals surface area contributed by atoms with Crippen LogP contribution in [-0.4, -0.2) is 47.8 Å². The number of thioether (sulfide) groups is 1. The highest BCUT2D eigenvalue weighted by molar-refractivity contribution is 14.0. The molecule has 6 heteroatoms. The van der Waals surface area contributed by atoms with Crippen LogP contribution in [0.3, 0.4) is 0 Å². The van der Waals surface area contributed by atoms with Gasteiger partial charge >= 0.3 is 0 Å². The van der Waals surface area contributed by atoms with Gasteiger partial charge in [-0.1, -0.05) is 36.8 Å². The lowest BCUT2D eigenvalue weighted by Crippen LogP contribution is -2.46. The van der Waals surface area contributed by atoms with Crippen molar-refractivity contribution in [3.05, 3.63) is 35.9 Å². The minimum absolute atomic E-state index is 0. The van der Waals surface area contributed by atoms with E-state index in [9.17, 15) is 5.11 Å². The molecule has 1 aromatic rings. The summed E-state index contributed by atoms with van der Waals surface area (Å²) < 4.78 is 0. The van der Waals surface area contributed by atoms with Crippen LogP contribution in [0.25, 0.3) is 0 Å². The summed E-state index contributed by atoms with van der Waals surface area (Å²) in [7, 11) is 0. The Balaban J connectivity index is 0.00000312. The van der Waals surface area contributed by atoms with E-state index in [1.165, 1.54) is 25.7 Å². The predicted molar refractivity (Wildman–Crippen MR) is 120 cm³/mol. The van der Waals surface area contributed by atoms with Gasteiger partial charge in [-0.3, -0.25) is 4.99 Å². The Morgan fingerprint density at radius 3 is 2.76 bits per heavy atom. The molecule has 1 saturated carbocycles. The highest BCUT2D eigenvalue weighted by atomic mass is 127. The third-order valence-electron chi connectivity index (χ3n) is 4.42. The van der Waals surface area contributed by atoms with Crippen LogP contribution in [0.15, 0.2) is 35.3 Å². The minimum Gasteiger partial charge on any atom is -0.391 e. The number of rotatable bonds is 7. The van der Waals surface area contributed by atoms with Crippen LogP contribution in [0, 0.1) is 0 Å². The lowest BCUT2D eigenvalue weighted by molar-refractivity contribution is 0.183. The lowest BCUT2D eigenvalue weighted by atomic mass is 9.95. The SMILES string of the molecule is CCNC(=NCC(O)Cc1ccccc1)NC1CCCC(SC)C1.I. The zero-order chi connectivity index (χ0) is 17.2. The van der Waals surface area contributed by atoms with E-state index in [0.29, 0.717) is 19.0 Å². The van der Waals surface area contributed by atoms with Gasteiger partial charge in [-0.05, 0) is 38.0 Å². The van der Waals surface area contributed by atoms with Crippen molar-refractivity contribution in [3.63, 3.8) is 0 Å². The van der Waals surface area contributed by atoms with E-state index >= 15 is 0 Å². The molecule has 25 heavy (non-hydrogen) atoms. The van der Waals surface area contributed by atoms with Crippen LogP contribution in [0.1, 0.15) is 38.2 Å². The molecule has 3 N–H and O–H groups in total. The number of hydrogen-bond donors (Lipinski definition) is 3. The first-order valence-electron chi connectivity index (χ1n) is 9.01. The Morgan fingerprint density at radius 1 is 1.32 bits per heavy atom. The minimum atomic E-state index is -0.451. The molecule has 0 radical (unpaired) electrons. The summed E-state index contributed by atoms with van der Waals surface area (Å²) in [5, 5.41) is 17.9. The third kappa shape index (κ3) is 8.64. The van der Waals surface area contributed by atoms with Crippen molar-refractivity contribution < 1.29 is 5.11 Å². The Labute approximate surface area is 173 Å². The van der Waals surface area contributed by atoms with Gasteiger partial charge < -0.3 is 15.7 Å². The summed E-state index contributed by atoms with van der Waals surface area (Å²) >= 11 is 1.97. The largest absolute Gasteiger partial charge is 0.391 e. The van der Waals surface area contributed by atoms with Crippen molar-refractivity contribution >= 4 is 41.7 Å². The summed E-state index contributed by atoms with van der Waals surface area (Å²) in [5.74, 6) is 0.830. The Kier molecular flexibility index (Phi) is 11.6. The van der Waals surface area contributed by atoms with Crippen molar-refractivity contribution in [2.24, 2.45) is 4.99 Å². The molecule has 0 heterocycles. The fourth-order valence-corrected chi connectivity index (χ4v) is 3.98. The number of aliphatic hydroxyl groups is 1. The predicted octanol–water partition coefficient (Wildman–Crippen LogP) is 3.44. The number of benzene rings is 1. The van der Waals surface area contributed by atoms with Gasteiger partial charge in [-0.2, -0.15) is 11.8 Å². The van der Waals surface area contributed by atoms with Gasteiger partial charge in [0.25, 0.3) is 0 Å². The molecule has 1 aliphatic rings. The molecule has 1 aromatic carbocycles. The average Bonchev–Trinajstić information content (AvgIpc) is 2.61. The van der Waals surface area contributed by atoms with Gasteiger partial charge in [0.2, 0.25) is 0 Å². The number of nitrogens with zero attached hydrogens (tertiary/aromatic N) is 1. The van der Waals surface area contributed by atoms with Gasteiger partial charge in [-0.25, -0.2) is 0 Å². The van der Waals surface area contributed by atoms with Crippen molar-refractivity contribution in [3.8, 4) is 0 Å². The molecule has 4 nitrogen and oxygen atoms in total. The van der Waals surface area contributed by atoms with Gasteiger partial charge in [0.1, 0.15) is 0 Å². The molecule has 0 amide bonds. The molecule has 0 aliphatic heterocycles. The molecule has 3 unspecified atom stereocenters. The lowest BCUT2D eigenvalue weighted by Gasteiger charge is -2.30. The number of nitrogens with one attached hydrogen (secondary N) is 2. The number of halogens is 1. The summed E-state index contributed by atoms with van der Waals surface area (Å²) in [6, 6.07) is 10.6. The Hall–Kier alpha value is -0.470. The van der Waals surface area contributed by atoms with E-state index in [2.05, 4.69) is 28.8 Å². The van der Waals surface area contributed by atoms with E-state index in [0.717, 1.165) is 23.3 Å². The second kappa shape index (κ2) is 12.8. The summed E-state index contributed by atoms with van der Waals surface area (Å²) in [6.45, 7) is 3.32. The summed E-state index contributed by atoms with van der Waals surface area (Å²) in [4.78, 5) is 4.59. The maximum Gasteiger partial charge on any atom is 0.191 e.